The van der Waals surface area contributed by atoms with Gasteiger partial charge in [-0.15, -0.1) is 0 Å². The Morgan fingerprint density at radius 1 is 1.40 bits per heavy atom. The summed E-state index contributed by atoms with van der Waals surface area (Å²) in [5, 5.41) is 30.0. The predicted molar refractivity (Wildman–Crippen MR) is 86.4 cm³/mol. The van der Waals surface area contributed by atoms with Gasteiger partial charge in [0.05, 0.1) is 23.0 Å². The molecule has 0 bridgehead atoms. The van der Waals surface area contributed by atoms with Gasteiger partial charge in [0.2, 0.25) is 5.91 Å². The number of amides is 1. The molecule has 132 valence electrons. The van der Waals surface area contributed by atoms with Crippen LogP contribution in [0, 0.1) is 21.4 Å². The molecular weight excluding hydrogens is 328 g/mol. The third kappa shape index (κ3) is 2.58. The Hall–Kier alpha value is -2.74. The van der Waals surface area contributed by atoms with Crippen LogP contribution in [0.2, 0.25) is 0 Å². The Labute approximate surface area is 143 Å². The van der Waals surface area contributed by atoms with E-state index in [0.717, 1.165) is 5.56 Å². The molecule has 0 spiro atoms. The van der Waals surface area contributed by atoms with Gasteiger partial charge in [0, 0.05) is 17.5 Å². The van der Waals surface area contributed by atoms with E-state index in [9.17, 15) is 29.9 Å². The molecule has 8 heteroatoms. The summed E-state index contributed by atoms with van der Waals surface area (Å²) in [4.78, 5) is 35.2. The molecule has 2 aliphatic heterocycles. The van der Waals surface area contributed by atoms with Crippen molar-refractivity contribution in [2.75, 3.05) is 0 Å². The second-order valence-electron chi connectivity index (χ2n) is 6.86. The molecule has 1 aromatic carbocycles. The molecule has 2 aliphatic rings. The average molecular weight is 346 g/mol. The molecule has 1 fully saturated rings. The molecule has 1 saturated heterocycles. The number of aliphatic hydroxyl groups is 1. The molecule has 0 unspecified atom stereocenters. The van der Waals surface area contributed by atoms with Crippen molar-refractivity contribution in [3.8, 4) is 0 Å². The minimum absolute atomic E-state index is 0.0237. The summed E-state index contributed by atoms with van der Waals surface area (Å²) in [6.45, 7) is 3.36. The number of carboxylic acid groups (broad SMARTS) is 1. The van der Waals surface area contributed by atoms with Gasteiger partial charge in [-0.1, -0.05) is 19.1 Å². The number of benzene rings is 1. The first-order chi connectivity index (χ1) is 11.7. The van der Waals surface area contributed by atoms with Crippen molar-refractivity contribution in [3.05, 3.63) is 51.7 Å². The molecule has 8 nitrogen and oxygen atoms in total. The van der Waals surface area contributed by atoms with E-state index in [0.29, 0.717) is 6.42 Å². The maximum atomic E-state index is 12.2. The number of rotatable bonds is 5. The van der Waals surface area contributed by atoms with Crippen molar-refractivity contribution in [2.24, 2.45) is 11.3 Å². The van der Waals surface area contributed by atoms with E-state index in [1.165, 1.54) is 24.0 Å². The maximum absolute atomic E-state index is 12.2. The first-order valence-corrected chi connectivity index (χ1v) is 7.86. The Morgan fingerprint density at radius 3 is 2.48 bits per heavy atom. The maximum Gasteiger partial charge on any atom is 0.352 e. The zero-order valence-electron chi connectivity index (χ0n) is 13.7. The largest absolute Gasteiger partial charge is 0.477 e. The highest BCUT2D eigenvalue weighted by Crippen LogP contribution is 2.51. The Morgan fingerprint density at radius 2 is 2.00 bits per heavy atom. The minimum Gasteiger partial charge on any atom is -0.477 e. The lowest BCUT2D eigenvalue weighted by molar-refractivity contribution is -0.384. The SMILES string of the molecule is C[C@@H](O)[C@H]1C(=O)N2C(C(=O)O)=C[C@@](C)(Cc3ccc([N+](=O)[O-])cc3)[C@@H]12. The van der Waals surface area contributed by atoms with Crippen LogP contribution in [0.25, 0.3) is 0 Å². The smallest absolute Gasteiger partial charge is 0.352 e. The number of fused-ring (bicyclic) bond motifs is 1. The molecule has 0 saturated carbocycles. The van der Waals surface area contributed by atoms with E-state index in [4.69, 9.17) is 0 Å². The van der Waals surface area contributed by atoms with Gasteiger partial charge in [-0.3, -0.25) is 14.9 Å². The molecule has 4 atom stereocenters. The molecule has 25 heavy (non-hydrogen) atoms. The van der Waals surface area contributed by atoms with Gasteiger partial charge in [0.25, 0.3) is 5.69 Å². The number of β-lactam (4-membered cyclic amide) rings is 1. The molecule has 0 aliphatic carbocycles. The Bertz CT molecular complexity index is 785. The van der Waals surface area contributed by atoms with Gasteiger partial charge in [-0.05, 0) is 25.0 Å². The van der Waals surface area contributed by atoms with E-state index in [1.807, 2.05) is 6.92 Å². The number of nitro groups is 1. The third-order valence-corrected chi connectivity index (χ3v) is 5.01. The highest BCUT2D eigenvalue weighted by molar-refractivity contribution is 5.99. The fourth-order valence-electron chi connectivity index (χ4n) is 3.92. The van der Waals surface area contributed by atoms with E-state index in [2.05, 4.69) is 0 Å². The summed E-state index contributed by atoms with van der Waals surface area (Å²) >= 11 is 0. The van der Waals surface area contributed by atoms with Crippen LogP contribution in [0.15, 0.2) is 36.0 Å². The molecule has 0 radical (unpaired) electrons. The zero-order chi connectivity index (χ0) is 18.5. The molecule has 1 amide bonds. The van der Waals surface area contributed by atoms with Crippen LogP contribution in [0.5, 0.6) is 0 Å². The number of nitrogens with zero attached hydrogens (tertiary/aromatic N) is 2. The van der Waals surface area contributed by atoms with E-state index < -0.39 is 34.4 Å². The van der Waals surface area contributed by atoms with Crippen LogP contribution >= 0.6 is 0 Å². The number of carbonyl (C=O) groups is 2. The summed E-state index contributed by atoms with van der Waals surface area (Å²) in [5.41, 5.74) is 0.0136. The number of aliphatic carboxylic acids is 1. The first-order valence-electron chi connectivity index (χ1n) is 7.86. The summed E-state index contributed by atoms with van der Waals surface area (Å²) in [5.74, 6) is -2.23. The molecule has 2 heterocycles. The summed E-state index contributed by atoms with van der Waals surface area (Å²) < 4.78 is 0. The average Bonchev–Trinajstić information content (AvgIpc) is 2.76. The fraction of sp³-hybridized carbons (Fsp3) is 0.412. The van der Waals surface area contributed by atoms with Crippen molar-refractivity contribution in [1.29, 1.82) is 0 Å². The van der Waals surface area contributed by atoms with Gasteiger partial charge in [0.1, 0.15) is 5.70 Å². The number of nitro benzene ring substituents is 1. The summed E-state index contributed by atoms with van der Waals surface area (Å²) in [6, 6.07) is 5.59. The lowest BCUT2D eigenvalue weighted by atomic mass is 9.68. The lowest BCUT2D eigenvalue weighted by Gasteiger charge is -2.50. The number of hydrogen-bond donors (Lipinski definition) is 2. The quantitative estimate of drug-likeness (QED) is 0.471. The fourth-order valence-corrected chi connectivity index (χ4v) is 3.92. The highest BCUT2D eigenvalue weighted by atomic mass is 16.6. The van der Waals surface area contributed by atoms with E-state index >= 15 is 0 Å². The van der Waals surface area contributed by atoms with Crippen LogP contribution < -0.4 is 0 Å². The van der Waals surface area contributed by atoms with E-state index in [1.54, 1.807) is 18.2 Å². The van der Waals surface area contributed by atoms with Crippen LogP contribution in [-0.4, -0.2) is 44.1 Å². The Balaban J connectivity index is 1.93. The second-order valence-corrected chi connectivity index (χ2v) is 6.86. The number of hydrogen-bond acceptors (Lipinski definition) is 5. The summed E-state index contributed by atoms with van der Waals surface area (Å²) in [6.07, 6.45) is 1.08. The van der Waals surface area contributed by atoms with E-state index in [-0.39, 0.29) is 17.3 Å². The minimum atomic E-state index is -1.19. The molecule has 1 aromatic rings. The Kier molecular flexibility index (Phi) is 3.87. The highest BCUT2D eigenvalue weighted by Gasteiger charge is 2.62. The standard InChI is InChI=1S/C17H18N2O6/c1-9(20)13-14-17(2,8-12(16(22)23)18(14)15(13)21)7-10-3-5-11(6-4-10)19(24)25/h3-6,8-9,13-14,20H,7H2,1-2H3,(H,22,23)/t9-,13-,14-,17-/m1/s1. The number of non-ortho nitro benzene ring substituents is 1. The zero-order valence-corrected chi connectivity index (χ0v) is 13.7. The molecule has 0 aromatic heterocycles. The molecular formula is C17H18N2O6. The van der Waals surface area contributed by atoms with Crippen LogP contribution in [0.3, 0.4) is 0 Å². The van der Waals surface area contributed by atoms with Crippen LogP contribution in [0.1, 0.15) is 19.4 Å². The summed E-state index contributed by atoms with van der Waals surface area (Å²) in [7, 11) is 0. The van der Waals surface area contributed by atoms with Gasteiger partial charge in [-0.2, -0.15) is 0 Å². The lowest BCUT2D eigenvalue weighted by Crippen LogP contribution is -2.66. The number of aliphatic hydroxyl groups excluding tert-OH is 1. The van der Waals surface area contributed by atoms with Crippen molar-refractivity contribution < 1.29 is 24.7 Å². The topological polar surface area (TPSA) is 121 Å². The number of carbonyl (C=O) groups excluding carboxylic acids is 1. The normalized spacial score (nSPS) is 28.8. The molecule has 3 rings (SSSR count). The van der Waals surface area contributed by atoms with Gasteiger partial charge in [-0.25, -0.2) is 4.79 Å². The van der Waals surface area contributed by atoms with Crippen molar-refractivity contribution in [2.45, 2.75) is 32.4 Å². The van der Waals surface area contributed by atoms with Crippen LogP contribution in [0.4, 0.5) is 5.69 Å². The first kappa shape index (κ1) is 17.1. The predicted octanol–water partition coefficient (Wildman–Crippen LogP) is 1.33. The van der Waals surface area contributed by atoms with Gasteiger partial charge in [0.15, 0.2) is 0 Å². The molecule has 2 N–H and O–H groups in total. The van der Waals surface area contributed by atoms with Crippen molar-refractivity contribution >= 4 is 17.6 Å². The van der Waals surface area contributed by atoms with Crippen LogP contribution in [-0.2, 0) is 16.0 Å². The monoisotopic (exact) mass is 346 g/mol. The van der Waals surface area contributed by atoms with Crippen molar-refractivity contribution in [1.82, 2.24) is 4.90 Å². The van der Waals surface area contributed by atoms with Crippen molar-refractivity contribution in [3.63, 3.8) is 0 Å². The van der Waals surface area contributed by atoms with Gasteiger partial charge >= 0.3 is 5.97 Å². The second kappa shape index (κ2) is 5.66. The van der Waals surface area contributed by atoms with Gasteiger partial charge < -0.3 is 15.1 Å². The third-order valence-electron chi connectivity index (χ3n) is 5.01. The number of carboxylic acids is 1.